The van der Waals surface area contributed by atoms with E-state index in [1.54, 1.807) is 0 Å². The van der Waals surface area contributed by atoms with Gasteiger partial charge in [-0.05, 0) is 53.4 Å². The zero-order valence-electron chi connectivity index (χ0n) is 16.2. The zero-order valence-corrected chi connectivity index (χ0v) is 17.0. The largest absolute Gasteiger partial charge is 0.484 e. The van der Waals surface area contributed by atoms with E-state index >= 15 is 0 Å². The lowest BCUT2D eigenvalue weighted by molar-refractivity contribution is -0.123. The van der Waals surface area contributed by atoms with Crippen LogP contribution in [0.4, 0.5) is 0 Å². The molecule has 1 fully saturated rings. The van der Waals surface area contributed by atoms with Gasteiger partial charge in [-0.25, -0.2) is 0 Å². The Bertz CT molecular complexity index is 981. The van der Waals surface area contributed by atoms with Crippen LogP contribution in [0.2, 0.25) is 5.02 Å². The van der Waals surface area contributed by atoms with Crippen molar-refractivity contribution >= 4 is 28.3 Å². The first-order valence-electron chi connectivity index (χ1n) is 9.87. The summed E-state index contributed by atoms with van der Waals surface area (Å²) in [6.45, 7) is 1.92. The average molecular weight is 410 g/mol. The lowest BCUT2D eigenvalue weighted by atomic mass is 9.74. The van der Waals surface area contributed by atoms with E-state index in [1.165, 1.54) is 5.56 Å². The minimum atomic E-state index is -0.137. The maximum atomic E-state index is 12.5. The minimum absolute atomic E-state index is 0.00839. The third-order valence-electron chi connectivity index (χ3n) is 5.62. The van der Waals surface area contributed by atoms with E-state index in [0.29, 0.717) is 30.5 Å². The molecule has 1 aliphatic rings. The summed E-state index contributed by atoms with van der Waals surface area (Å²) in [5.74, 6) is 0.565. The Morgan fingerprint density at radius 3 is 2.48 bits per heavy atom. The molecule has 5 heteroatoms. The maximum Gasteiger partial charge on any atom is 0.257 e. The number of rotatable bonds is 6. The van der Waals surface area contributed by atoms with Crippen LogP contribution < -0.4 is 10.1 Å². The van der Waals surface area contributed by atoms with Crippen LogP contribution in [0.1, 0.15) is 18.4 Å². The fraction of sp³-hybridized carbons (Fsp3) is 0.292. The number of amides is 1. The quantitative estimate of drug-likeness (QED) is 0.639. The first-order chi connectivity index (χ1) is 14.1. The van der Waals surface area contributed by atoms with Crippen molar-refractivity contribution < 1.29 is 14.3 Å². The first kappa shape index (κ1) is 19.7. The number of nitrogens with one attached hydrogen (secondary N) is 1. The molecule has 0 bridgehead atoms. The summed E-state index contributed by atoms with van der Waals surface area (Å²) in [5, 5.41) is 6.01. The Kier molecular flexibility index (Phi) is 6.02. The molecular formula is C24H24ClNO3. The van der Waals surface area contributed by atoms with Gasteiger partial charge in [0.05, 0.1) is 0 Å². The van der Waals surface area contributed by atoms with Gasteiger partial charge in [-0.2, -0.15) is 0 Å². The zero-order chi connectivity index (χ0) is 20.1. The average Bonchev–Trinajstić information content (AvgIpc) is 2.77. The second-order valence-electron chi connectivity index (χ2n) is 7.47. The van der Waals surface area contributed by atoms with E-state index in [1.807, 2.05) is 60.7 Å². The molecule has 1 heterocycles. The van der Waals surface area contributed by atoms with Gasteiger partial charge in [-0.3, -0.25) is 4.79 Å². The molecular weight excluding hydrogens is 386 g/mol. The van der Waals surface area contributed by atoms with Gasteiger partial charge in [0.2, 0.25) is 0 Å². The minimum Gasteiger partial charge on any atom is -0.484 e. The molecule has 4 rings (SSSR count). The van der Waals surface area contributed by atoms with Crippen LogP contribution in [-0.2, 0) is 14.9 Å². The molecule has 3 aromatic rings. The smallest absolute Gasteiger partial charge is 0.257 e. The highest BCUT2D eigenvalue weighted by Crippen LogP contribution is 2.35. The third-order valence-corrected chi connectivity index (χ3v) is 5.87. The van der Waals surface area contributed by atoms with Crippen molar-refractivity contribution in [3.8, 4) is 5.75 Å². The first-order valence-corrected chi connectivity index (χ1v) is 10.2. The van der Waals surface area contributed by atoms with Crippen LogP contribution >= 0.6 is 11.6 Å². The normalized spacial score (nSPS) is 15.8. The molecule has 4 nitrogen and oxygen atoms in total. The number of ether oxygens (including phenoxy) is 2. The Hall–Kier alpha value is -2.56. The molecule has 1 N–H and O–H groups in total. The SMILES string of the molecule is O=C(COc1ccc2ccccc2c1)NCC1(c2ccc(Cl)cc2)CCOCC1. The van der Waals surface area contributed by atoms with Crippen LogP contribution in [0.5, 0.6) is 5.75 Å². The number of fused-ring (bicyclic) bond motifs is 1. The Morgan fingerprint density at radius 1 is 1.00 bits per heavy atom. The highest BCUT2D eigenvalue weighted by molar-refractivity contribution is 6.30. The van der Waals surface area contributed by atoms with E-state index < -0.39 is 0 Å². The van der Waals surface area contributed by atoms with E-state index in [9.17, 15) is 4.79 Å². The number of hydrogen-bond donors (Lipinski definition) is 1. The number of hydrogen-bond acceptors (Lipinski definition) is 3. The van der Waals surface area contributed by atoms with Crippen LogP contribution in [0.15, 0.2) is 66.7 Å². The topological polar surface area (TPSA) is 47.6 Å². The Balaban J connectivity index is 1.38. The second kappa shape index (κ2) is 8.85. The number of halogens is 1. The number of carbonyl (C=O) groups is 1. The summed E-state index contributed by atoms with van der Waals surface area (Å²) < 4.78 is 11.3. The molecule has 1 amide bonds. The molecule has 0 atom stereocenters. The standard InChI is InChI=1S/C24H24ClNO3/c25-21-8-6-20(7-9-21)24(11-13-28-14-12-24)17-26-23(27)16-29-22-10-5-18-3-1-2-4-19(18)15-22/h1-10,15H,11-14,16-17H2,(H,26,27). The van der Waals surface area contributed by atoms with Crippen LogP contribution in [0, 0.1) is 0 Å². The van der Waals surface area contributed by atoms with E-state index in [2.05, 4.69) is 11.4 Å². The van der Waals surface area contributed by atoms with Crippen molar-refractivity contribution in [3.63, 3.8) is 0 Å². The molecule has 0 spiro atoms. The van der Waals surface area contributed by atoms with Gasteiger partial charge in [0.1, 0.15) is 5.75 Å². The number of benzene rings is 3. The lowest BCUT2D eigenvalue weighted by Crippen LogP contribution is -2.45. The molecule has 29 heavy (non-hydrogen) atoms. The molecule has 0 unspecified atom stereocenters. The summed E-state index contributed by atoms with van der Waals surface area (Å²) in [7, 11) is 0. The molecule has 1 saturated heterocycles. The van der Waals surface area contributed by atoms with Gasteiger partial charge in [-0.1, -0.05) is 54.1 Å². The van der Waals surface area contributed by atoms with Crippen molar-refractivity contribution in [1.29, 1.82) is 0 Å². The monoisotopic (exact) mass is 409 g/mol. The summed E-state index contributed by atoms with van der Waals surface area (Å²) in [6.07, 6.45) is 1.72. The summed E-state index contributed by atoms with van der Waals surface area (Å²) in [5.41, 5.74) is 1.04. The molecule has 0 aromatic heterocycles. The fourth-order valence-electron chi connectivity index (χ4n) is 3.86. The van der Waals surface area contributed by atoms with Gasteiger partial charge < -0.3 is 14.8 Å². The Labute approximate surface area is 175 Å². The highest BCUT2D eigenvalue weighted by Gasteiger charge is 2.34. The lowest BCUT2D eigenvalue weighted by Gasteiger charge is -2.38. The van der Waals surface area contributed by atoms with Gasteiger partial charge in [0.15, 0.2) is 6.61 Å². The molecule has 3 aromatic carbocycles. The van der Waals surface area contributed by atoms with Crippen molar-refractivity contribution in [1.82, 2.24) is 5.32 Å². The highest BCUT2D eigenvalue weighted by atomic mass is 35.5. The van der Waals surface area contributed by atoms with Crippen molar-refractivity contribution in [3.05, 3.63) is 77.3 Å². The van der Waals surface area contributed by atoms with E-state index in [-0.39, 0.29) is 17.9 Å². The molecule has 0 radical (unpaired) electrons. The Morgan fingerprint density at radius 2 is 1.72 bits per heavy atom. The molecule has 0 aliphatic carbocycles. The van der Waals surface area contributed by atoms with Crippen molar-refractivity contribution in [2.75, 3.05) is 26.4 Å². The number of carbonyl (C=O) groups excluding carboxylic acids is 1. The predicted octanol–water partition coefficient (Wildman–Crippen LogP) is 4.74. The summed E-state index contributed by atoms with van der Waals surface area (Å²) in [6, 6.07) is 21.8. The molecule has 1 aliphatic heterocycles. The predicted molar refractivity (Wildman–Crippen MR) is 116 cm³/mol. The fourth-order valence-corrected chi connectivity index (χ4v) is 3.98. The van der Waals surface area contributed by atoms with Crippen LogP contribution in [-0.4, -0.2) is 32.3 Å². The van der Waals surface area contributed by atoms with Crippen molar-refractivity contribution in [2.45, 2.75) is 18.3 Å². The van der Waals surface area contributed by atoms with Gasteiger partial charge in [0.25, 0.3) is 5.91 Å². The summed E-state index contributed by atoms with van der Waals surface area (Å²) in [4.78, 5) is 12.5. The van der Waals surface area contributed by atoms with Gasteiger partial charge >= 0.3 is 0 Å². The van der Waals surface area contributed by atoms with E-state index in [0.717, 1.165) is 23.6 Å². The molecule has 150 valence electrons. The van der Waals surface area contributed by atoms with E-state index in [4.69, 9.17) is 21.1 Å². The van der Waals surface area contributed by atoms with Crippen LogP contribution in [0.25, 0.3) is 10.8 Å². The second-order valence-corrected chi connectivity index (χ2v) is 7.91. The maximum absolute atomic E-state index is 12.5. The van der Waals surface area contributed by atoms with Gasteiger partial charge in [-0.15, -0.1) is 0 Å². The summed E-state index contributed by atoms with van der Waals surface area (Å²) >= 11 is 6.05. The van der Waals surface area contributed by atoms with Crippen LogP contribution in [0.3, 0.4) is 0 Å². The van der Waals surface area contributed by atoms with Crippen molar-refractivity contribution in [2.24, 2.45) is 0 Å². The molecule has 0 saturated carbocycles. The third kappa shape index (κ3) is 4.72. The van der Waals surface area contributed by atoms with Gasteiger partial charge in [0, 0.05) is 30.2 Å².